The van der Waals surface area contributed by atoms with Crippen LogP contribution in [0, 0.1) is 0 Å². The van der Waals surface area contributed by atoms with Crippen LogP contribution in [0.25, 0.3) is 0 Å². The first kappa shape index (κ1) is 13.4. The number of anilines is 1. The van der Waals surface area contributed by atoms with Crippen LogP contribution in [-0.2, 0) is 23.1 Å². The molecule has 2 aromatic rings. The maximum atomic E-state index is 12.0. The monoisotopic (exact) mass is 305 g/mol. The first-order valence-corrected chi connectivity index (χ1v) is 8.26. The minimum absolute atomic E-state index is 0.153. The third kappa shape index (κ3) is 2.86. The first-order chi connectivity index (χ1) is 8.55. The molecule has 6 nitrogen and oxygen atoms in total. The lowest BCUT2D eigenvalue weighted by Crippen LogP contribution is -2.11. The molecular formula is C9H11N3O3S3. The van der Waals surface area contributed by atoms with Gasteiger partial charge in [0.1, 0.15) is 9.22 Å². The maximum Gasteiger partial charge on any atom is 0.273 e. The smallest absolute Gasteiger partial charge is 0.273 e. The van der Waals surface area contributed by atoms with Gasteiger partial charge in [0.05, 0.1) is 6.61 Å². The number of aliphatic hydroxyl groups is 1. The van der Waals surface area contributed by atoms with Crippen molar-refractivity contribution in [3.05, 3.63) is 22.0 Å². The molecule has 0 saturated carbocycles. The second kappa shape index (κ2) is 5.31. The minimum atomic E-state index is -3.63. The van der Waals surface area contributed by atoms with E-state index in [2.05, 4.69) is 14.9 Å². The van der Waals surface area contributed by atoms with Crippen LogP contribution in [0.5, 0.6) is 0 Å². The number of nitrogens with one attached hydrogen (secondary N) is 1. The SMILES string of the molecule is CCc1nnc(NS(=O)(=O)c2cc(CO)cs2)s1. The summed E-state index contributed by atoms with van der Waals surface area (Å²) in [5.41, 5.74) is 0.576. The van der Waals surface area contributed by atoms with Gasteiger partial charge in [0.2, 0.25) is 5.13 Å². The third-order valence-electron chi connectivity index (χ3n) is 2.07. The van der Waals surface area contributed by atoms with Crippen LogP contribution in [-0.4, -0.2) is 23.7 Å². The van der Waals surface area contributed by atoms with Gasteiger partial charge in [-0.05, 0) is 23.4 Å². The molecule has 0 fully saturated rings. The van der Waals surface area contributed by atoms with E-state index >= 15 is 0 Å². The molecule has 0 spiro atoms. The Hall–Kier alpha value is -1.03. The maximum absolute atomic E-state index is 12.0. The zero-order chi connectivity index (χ0) is 13.2. The van der Waals surface area contributed by atoms with Gasteiger partial charge in [-0.3, -0.25) is 4.72 Å². The van der Waals surface area contributed by atoms with Crippen LogP contribution >= 0.6 is 22.7 Å². The second-order valence-corrected chi connectivity index (χ2v) is 7.27. The molecule has 18 heavy (non-hydrogen) atoms. The summed E-state index contributed by atoms with van der Waals surface area (Å²) in [5, 5.41) is 19.1. The number of rotatable bonds is 5. The molecular weight excluding hydrogens is 294 g/mol. The van der Waals surface area contributed by atoms with Gasteiger partial charge >= 0.3 is 0 Å². The highest BCUT2D eigenvalue weighted by molar-refractivity contribution is 7.94. The predicted molar refractivity (Wildman–Crippen MR) is 70.3 cm³/mol. The summed E-state index contributed by atoms with van der Waals surface area (Å²) in [6.45, 7) is 1.75. The van der Waals surface area contributed by atoms with Crippen molar-refractivity contribution in [1.29, 1.82) is 0 Å². The molecule has 0 saturated heterocycles. The minimum Gasteiger partial charge on any atom is -0.392 e. The van der Waals surface area contributed by atoms with Crippen molar-refractivity contribution in [1.82, 2.24) is 10.2 Å². The fraction of sp³-hybridized carbons (Fsp3) is 0.333. The van der Waals surface area contributed by atoms with Gasteiger partial charge in [0, 0.05) is 0 Å². The second-order valence-electron chi connectivity index (χ2n) is 3.39. The molecule has 98 valence electrons. The summed E-state index contributed by atoms with van der Waals surface area (Å²) < 4.78 is 26.5. The van der Waals surface area contributed by atoms with Crippen molar-refractivity contribution in [2.24, 2.45) is 0 Å². The molecule has 2 heterocycles. The summed E-state index contributed by atoms with van der Waals surface area (Å²) in [6, 6.07) is 1.44. The molecule has 0 aliphatic rings. The average molecular weight is 305 g/mol. The number of hydrogen-bond acceptors (Lipinski definition) is 7. The molecule has 0 aliphatic carbocycles. The lowest BCUT2D eigenvalue weighted by atomic mass is 10.4. The molecule has 2 rings (SSSR count). The highest BCUT2D eigenvalue weighted by Crippen LogP contribution is 2.24. The van der Waals surface area contributed by atoms with Gasteiger partial charge in [-0.2, -0.15) is 0 Å². The average Bonchev–Trinajstić information content (AvgIpc) is 2.96. The Morgan fingerprint density at radius 3 is 2.78 bits per heavy atom. The van der Waals surface area contributed by atoms with Crippen molar-refractivity contribution in [2.45, 2.75) is 24.2 Å². The van der Waals surface area contributed by atoms with Crippen LogP contribution < -0.4 is 4.72 Å². The molecule has 2 N–H and O–H groups in total. The fourth-order valence-corrected chi connectivity index (χ4v) is 4.29. The van der Waals surface area contributed by atoms with E-state index in [4.69, 9.17) is 5.11 Å². The van der Waals surface area contributed by atoms with Gasteiger partial charge in [0.15, 0.2) is 0 Å². The van der Waals surface area contributed by atoms with Gasteiger partial charge in [-0.25, -0.2) is 8.42 Å². The zero-order valence-corrected chi connectivity index (χ0v) is 11.9. The van der Waals surface area contributed by atoms with E-state index in [1.165, 1.54) is 17.4 Å². The van der Waals surface area contributed by atoms with E-state index < -0.39 is 10.0 Å². The topological polar surface area (TPSA) is 92.2 Å². The van der Waals surface area contributed by atoms with Crippen LogP contribution in [0.3, 0.4) is 0 Å². The number of sulfonamides is 1. The molecule has 2 aromatic heterocycles. The summed E-state index contributed by atoms with van der Waals surface area (Å²) in [4.78, 5) is 0. The lowest BCUT2D eigenvalue weighted by Gasteiger charge is -2.00. The Labute approximate surface area is 112 Å². The van der Waals surface area contributed by atoms with E-state index in [1.54, 1.807) is 5.38 Å². The van der Waals surface area contributed by atoms with Crippen LogP contribution in [0.1, 0.15) is 17.5 Å². The lowest BCUT2D eigenvalue weighted by molar-refractivity contribution is 0.282. The van der Waals surface area contributed by atoms with E-state index in [0.717, 1.165) is 16.3 Å². The quantitative estimate of drug-likeness (QED) is 0.872. The van der Waals surface area contributed by atoms with Crippen molar-refractivity contribution in [3.63, 3.8) is 0 Å². The predicted octanol–water partition coefficient (Wildman–Crippen LogP) is 1.46. The number of aromatic nitrogens is 2. The molecule has 0 radical (unpaired) electrons. The van der Waals surface area contributed by atoms with Crippen molar-refractivity contribution in [2.75, 3.05) is 4.72 Å². The summed E-state index contributed by atoms with van der Waals surface area (Å²) in [7, 11) is -3.63. The molecule has 0 amide bonds. The standard InChI is InChI=1S/C9H11N3O3S3/c1-2-7-10-11-9(17-7)12-18(14,15)8-3-6(4-13)5-16-8/h3,5,13H,2,4H2,1H3,(H,11,12). The van der Waals surface area contributed by atoms with Crippen LogP contribution in [0.4, 0.5) is 5.13 Å². The zero-order valence-electron chi connectivity index (χ0n) is 9.45. The van der Waals surface area contributed by atoms with Gasteiger partial charge < -0.3 is 5.11 Å². The van der Waals surface area contributed by atoms with Gasteiger partial charge in [-0.15, -0.1) is 21.5 Å². The van der Waals surface area contributed by atoms with Crippen molar-refractivity contribution in [3.8, 4) is 0 Å². The molecule has 0 bridgehead atoms. The number of aliphatic hydroxyl groups excluding tert-OH is 1. The van der Waals surface area contributed by atoms with Crippen LogP contribution in [0.15, 0.2) is 15.7 Å². The highest BCUT2D eigenvalue weighted by Gasteiger charge is 2.18. The Morgan fingerprint density at radius 2 is 2.22 bits per heavy atom. The Morgan fingerprint density at radius 1 is 1.44 bits per heavy atom. The van der Waals surface area contributed by atoms with Crippen molar-refractivity contribution >= 4 is 37.8 Å². The van der Waals surface area contributed by atoms with E-state index in [0.29, 0.717) is 12.0 Å². The number of aryl methyl sites for hydroxylation is 1. The van der Waals surface area contributed by atoms with E-state index in [9.17, 15) is 8.42 Å². The summed E-state index contributed by atoms with van der Waals surface area (Å²) >= 11 is 2.27. The van der Waals surface area contributed by atoms with Gasteiger partial charge in [0.25, 0.3) is 10.0 Å². The molecule has 0 aromatic carbocycles. The molecule has 0 atom stereocenters. The molecule has 0 unspecified atom stereocenters. The van der Waals surface area contributed by atoms with Gasteiger partial charge in [-0.1, -0.05) is 18.3 Å². The molecule has 0 aliphatic heterocycles. The molecule has 9 heteroatoms. The Kier molecular flexibility index (Phi) is 3.95. The van der Waals surface area contributed by atoms with E-state index in [-0.39, 0.29) is 15.9 Å². The summed E-state index contributed by atoms with van der Waals surface area (Å²) in [5.74, 6) is 0. The Bertz CT molecular complexity index is 632. The largest absolute Gasteiger partial charge is 0.392 e. The normalized spacial score (nSPS) is 11.7. The van der Waals surface area contributed by atoms with E-state index in [1.807, 2.05) is 6.92 Å². The van der Waals surface area contributed by atoms with Crippen molar-refractivity contribution < 1.29 is 13.5 Å². The fourth-order valence-electron chi connectivity index (χ4n) is 1.18. The first-order valence-electron chi connectivity index (χ1n) is 5.08. The highest BCUT2D eigenvalue weighted by atomic mass is 32.2. The summed E-state index contributed by atoms with van der Waals surface area (Å²) in [6.07, 6.45) is 0.715. The third-order valence-corrected chi connectivity index (χ3v) is 6.01. The van der Waals surface area contributed by atoms with Crippen LogP contribution in [0.2, 0.25) is 0 Å². The Balaban J connectivity index is 2.21. The number of nitrogens with zero attached hydrogens (tertiary/aromatic N) is 2. The number of thiophene rings is 1. The number of hydrogen-bond donors (Lipinski definition) is 2.